The lowest BCUT2D eigenvalue weighted by Gasteiger charge is -2.05. The minimum atomic E-state index is 0.874. The van der Waals surface area contributed by atoms with Crippen molar-refractivity contribution < 1.29 is 4.74 Å². The van der Waals surface area contributed by atoms with Crippen LogP contribution in [0.15, 0.2) is 22.8 Å². The summed E-state index contributed by atoms with van der Waals surface area (Å²) in [5.74, 6) is 0.874. The number of ether oxygens (including phenoxy) is 1. The molecule has 1 heterocycles. The summed E-state index contributed by atoms with van der Waals surface area (Å²) < 4.78 is 8.21. The highest BCUT2D eigenvalue weighted by Gasteiger charge is 2.11. The Balaban J connectivity index is 2.70. The first-order valence-electron chi connectivity index (χ1n) is 4.97. The molecule has 3 nitrogen and oxygen atoms in total. The molecular formula is C11H13BrN2O. The van der Waals surface area contributed by atoms with Crippen LogP contribution in [0.3, 0.4) is 0 Å². The number of methoxy groups -OCH3 is 1. The van der Waals surface area contributed by atoms with Gasteiger partial charge in [-0.2, -0.15) is 5.10 Å². The molecule has 0 unspecified atom stereocenters. The summed E-state index contributed by atoms with van der Waals surface area (Å²) in [5.41, 5.74) is 1.06. The van der Waals surface area contributed by atoms with Gasteiger partial charge in [0.05, 0.1) is 7.11 Å². The maximum Gasteiger partial charge on any atom is 0.144 e. The van der Waals surface area contributed by atoms with Crippen molar-refractivity contribution in [1.82, 2.24) is 9.78 Å². The molecule has 2 aromatic rings. The Hall–Kier alpha value is -1.03. The molecule has 0 saturated heterocycles. The van der Waals surface area contributed by atoms with Crippen LogP contribution >= 0.6 is 15.9 Å². The summed E-state index contributed by atoms with van der Waals surface area (Å²) in [6.45, 7) is 3.04. The molecule has 0 aliphatic carbocycles. The molecule has 0 fully saturated rings. The van der Waals surface area contributed by atoms with E-state index >= 15 is 0 Å². The van der Waals surface area contributed by atoms with Crippen molar-refractivity contribution in [1.29, 1.82) is 0 Å². The van der Waals surface area contributed by atoms with Gasteiger partial charge in [-0.1, -0.05) is 13.0 Å². The van der Waals surface area contributed by atoms with Crippen LogP contribution in [0, 0.1) is 0 Å². The summed E-state index contributed by atoms with van der Waals surface area (Å²) in [4.78, 5) is 0. The van der Waals surface area contributed by atoms with Gasteiger partial charge in [0.1, 0.15) is 15.9 Å². The molecule has 0 atom stereocenters. The molecule has 80 valence electrons. The summed E-state index contributed by atoms with van der Waals surface area (Å²) in [6.07, 6.45) is 1.06. The highest BCUT2D eigenvalue weighted by molar-refractivity contribution is 9.10. The smallest absolute Gasteiger partial charge is 0.144 e. The Morgan fingerprint density at radius 2 is 2.27 bits per heavy atom. The molecule has 0 N–H and O–H groups in total. The lowest BCUT2D eigenvalue weighted by Crippen LogP contribution is -1.99. The normalized spacial score (nSPS) is 10.9. The van der Waals surface area contributed by atoms with Crippen molar-refractivity contribution in [2.75, 3.05) is 7.11 Å². The van der Waals surface area contributed by atoms with Crippen LogP contribution in [0.2, 0.25) is 0 Å². The molecule has 1 aromatic carbocycles. The lowest BCUT2D eigenvalue weighted by molar-refractivity contribution is 0.416. The van der Waals surface area contributed by atoms with Crippen molar-refractivity contribution in [2.24, 2.45) is 0 Å². The minimum absolute atomic E-state index is 0.874. The van der Waals surface area contributed by atoms with Gasteiger partial charge in [0.25, 0.3) is 0 Å². The predicted octanol–water partition coefficient (Wildman–Crippen LogP) is 3.22. The van der Waals surface area contributed by atoms with Gasteiger partial charge in [-0.3, -0.25) is 4.68 Å². The van der Waals surface area contributed by atoms with Crippen LogP contribution in [0.5, 0.6) is 5.75 Å². The number of para-hydroxylation sites is 1. The van der Waals surface area contributed by atoms with E-state index in [0.717, 1.165) is 34.2 Å². The number of nitrogens with zero attached hydrogens (tertiary/aromatic N) is 2. The second kappa shape index (κ2) is 4.23. The van der Waals surface area contributed by atoms with Gasteiger partial charge in [-0.25, -0.2) is 0 Å². The molecule has 4 heteroatoms. The molecule has 15 heavy (non-hydrogen) atoms. The fourth-order valence-corrected chi connectivity index (χ4v) is 2.21. The third-order valence-electron chi connectivity index (χ3n) is 2.34. The maximum atomic E-state index is 5.35. The minimum Gasteiger partial charge on any atom is -0.494 e. The van der Waals surface area contributed by atoms with Crippen LogP contribution < -0.4 is 4.74 Å². The van der Waals surface area contributed by atoms with Gasteiger partial charge in [0.15, 0.2) is 0 Å². The van der Waals surface area contributed by atoms with E-state index in [2.05, 4.69) is 28.0 Å². The maximum absolute atomic E-state index is 5.35. The van der Waals surface area contributed by atoms with Crippen LogP contribution in [0.25, 0.3) is 10.9 Å². The summed E-state index contributed by atoms with van der Waals surface area (Å²) in [7, 11) is 1.69. The SMILES string of the molecule is CCCn1nc(Br)c2cccc(OC)c21. The van der Waals surface area contributed by atoms with Crippen molar-refractivity contribution in [3.8, 4) is 5.75 Å². The zero-order chi connectivity index (χ0) is 10.8. The number of hydrogen-bond donors (Lipinski definition) is 0. The largest absolute Gasteiger partial charge is 0.494 e. The van der Waals surface area contributed by atoms with E-state index in [9.17, 15) is 0 Å². The van der Waals surface area contributed by atoms with Gasteiger partial charge in [0.2, 0.25) is 0 Å². The molecular weight excluding hydrogens is 256 g/mol. The second-order valence-corrected chi connectivity index (χ2v) is 4.12. The predicted molar refractivity (Wildman–Crippen MR) is 64.3 cm³/mol. The van der Waals surface area contributed by atoms with Gasteiger partial charge in [-0.05, 0) is 34.5 Å². The summed E-state index contributed by atoms with van der Waals surface area (Å²) >= 11 is 3.46. The number of hydrogen-bond acceptors (Lipinski definition) is 2. The first-order valence-corrected chi connectivity index (χ1v) is 5.76. The average Bonchev–Trinajstić information content (AvgIpc) is 2.57. The van der Waals surface area contributed by atoms with Crippen molar-refractivity contribution in [3.05, 3.63) is 22.8 Å². The van der Waals surface area contributed by atoms with Gasteiger partial charge in [-0.15, -0.1) is 0 Å². The zero-order valence-electron chi connectivity index (χ0n) is 8.83. The molecule has 2 rings (SSSR count). The van der Waals surface area contributed by atoms with Crippen LogP contribution in [0.4, 0.5) is 0 Å². The first kappa shape index (κ1) is 10.5. The molecule has 0 amide bonds. The Kier molecular flexibility index (Phi) is 2.95. The van der Waals surface area contributed by atoms with Crippen molar-refractivity contribution >= 4 is 26.8 Å². The number of rotatable bonds is 3. The molecule has 0 bridgehead atoms. The van der Waals surface area contributed by atoms with Crippen LogP contribution in [-0.4, -0.2) is 16.9 Å². The summed E-state index contributed by atoms with van der Waals surface area (Å²) in [5, 5.41) is 5.54. The fourth-order valence-electron chi connectivity index (χ4n) is 1.70. The number of aryl methyl sites for hydroxylation is 1. The third kappa shape index (κ3) is 1.74. The van der Waals surface area contributed by atoms with E-state index in [-0.39, 0.29) is 0 Å². The van der Waals surface area contributed by atoms with E-state index in [0.29, 0.717) is 0 Å². The molecule has 0 saturated carbocycles. The van der Waals surface area contributed by atoms with Crippen LogP contribution in [0.1, 0.15) is 13.3 Å². The van der Waals surface area contributed by atoms with E-state index in [1.54, 1.807) is 7.11 Å². The van der Waals surface area contributed by atoms with E-state index in [1.165, 1.54) is 0 Å². The Bertz CT molecular complexity index is 479. The number of benzene rings is 1. The van der Waals surface area contributed by atoms with E-state index < -0.39 is 0 Å². The van der Waals surface area contributed by atoms with E-state index in [4.69, 9.17) is 4.74 Å². The second-order valence-electron chi connectivity index (χ2n) is 3.37. The molecule has 0 aliphatic heterocycles. The van der Waals surface area contributed by atoms with Crippen molar-refractivity contribution in [3.63, 3.8) is 0 Å². The highest BCUT2D eigenvalue weighted by Crippen LogP contribution is 2.30. The molecule has 1 aromatic heterocycles. The topological polar surface area (TPSA) is 27.1 Å². The lowest BCUT2D eigenvalue weighted by atomic mass is 10.2. The van der Waals surface area contributed by atoms with E-state index in [1.807, 2.05) is 22.9 Å². The van der Waals surface area contributed by atoms with Gasteiger partial charge < -0.3 is 4.74 Å². The standard InChI is InChI=1S/C11H13BrN2O/c1-3-7-14-10-8(11(12)13-14)5-4-6-9(10)15-2/h4-6H,3,7H2,1-2H3. The van der Waals surface area contributed by atoms with Crippen LogP contribution in [-0.2, 0) is 6.54 Å². The van der Waals surface area contributed by atoms with Gasteiger partial charge in [0, 0.05) is 11.9 Å². The Labute approximate surface area is 97.2 Å². The Morgan fingerprint density at radius 3 is 2.93 bits per heavy atom. The molecule has 0 spiro atoms. The quantitative estimate of drug-likeness (QED) is 0.855. The Morgan fingerprint density at radius 1 is 1.47 bits per heavy atom. The summed E-state index contributed by atoms with van der Waals surface area (Å²) in [6, 6.07) is 5.98. The van der Waals surface area contributed by atoms with Gasteiger partial charge >= 0.3 is 0 Å². The fraction of sp³-hybridized carbons (Fsp3) is 0.364. The average molecular weight is 269 g/mol. The molecule has 0 radical (unpaired) electrons. The van der Waals surface area contributed by atoms with Crippen molar-refractivity contribution in [2.45, 2.75) is 19.9 Å². The zero-order valence-corrected chi connectivity index (χ0v) is 10.4. The monoisotopic (exact) mass is 268 g/mol. The first-order chi connectivity index (χ1) is 7.27. The molecule has 0 aliphatic rings. The highest BCUT2D eigenvalue weighted by atomic mass is 79.9. The number of fused-ring (bicyclic) bond motifs is 1. The number of aromatic nitrogens is 2. The number of halogens is 1. The third-order valence-corrected chi connectivity index (χ3v) is 2.93.